The van der Waals surface area contributed by atoms with Crippen molar-refractivity contribution in [1.29, 1.82) is 0 Å². The first-order chi connectivity index (χ1) is 15.4. The Labute approximate surface area is 186 Å². The molecule has 0 aliphatic heterocycles. The summed E-state index contributed by atoms with van der Waals surface area (Å²) in [5.74, 6) is -1.80. The van der Waals surface area contributed by atoms with Gasteiger partial charge in [0.25, 0.3) is 0 Å². The topological polar surface area (TPSA) is 125 Å². The summed E-state index contributed by atoms with van der Waals surface area (Å²) in [4.78, 5) is 35.7. The van der Waals surface area contributed by atoms with E-state index in [1.54, 1.807) is 0 Å². The SMILES string of the molecule is CCC(CC(=O)N[C@H](CCO)C(=O)O)NC(=O)OCC1c2ccccc2-c2ccccc21. The molecule has 170 valence electrons. The lowest BCUT2D eigenvalue weighted by Crippen LogP contribution is -2.45. The number of carbonyl (C=O) groups excluding carboxylic acids is 2. The standard InChI is InChI=1S/C24H28N2O6/c1-2-15(13-22(28)26-21(11-12-27)23(29)30)25-24(31)32-14-20-18-9-5-3-7-16(18)17-8-4-6-10-19(17)20/h3-10,15,20-21,27H,2,11-14H2,1H3,(H,25,31)(H,26,28)(H,29,30)/t15?,21-/m1/s1. The van der Waals surface area contributed by atoms with E-state index in [0.29, 0.717) is 6.42 Å². The van der Waals surface area contributed by atoms with Crippen molar-refractivity contribution in [3.05, 3.63) is 59.7 Å². The lowest BCUT2D eigenvalue weighted by atomic mass is 9.98. The van der Waals surface area contributed by atoms with Crippen molar-refractivity contribution in [2.24, 2.45) is 0 Å². The Kier molecular flexibility index (Phi) is 7.83. The number of amides is 2. The van der Waals surface area contributed by atoms with Crippen molar-refractivity contribution >= 4 is 18.0 Å². The van der Waals surface area contributed by atoms with Gasteiger partial charge >= 0.3 is 12.1 Å². The highest BCUT2D eigenvalue weighted by Gasteiger charge is 2.29. The van der Waals surface area contributed by atoms with Gasteiger partial charge in [0.05, 0.1) is 0 Å². The minimum Gasteiger partial charge on any atom is -0.480 e. The molecule has 8 heteroatoms. The zero-order valence-electron chi connectivity index (χ0n) is 17.9. The van der Waals surface area contributed by atoms with Crippen LogP contribution in [0.15, 0.2) is 48.5 Å². The molecule has 2 aromatic rings. The van der Waals surface area contributed by atoms with Gasteiger partial charge in [-0.15, -0.1) is 0 Å². The number of hydrogen-bond donors (Lipinski definition) is 4. The predicted molar refractivity (Wildman–Crippen MR) is 118 cm³/mol. The number of ether oxygens (including phenoxy) is 1. The molecule has 32 heavy (non-hydrogen) atoms. The van der Waals surface area contributed by atoms with Crippen molar-refractivity contribution < 1.29 is 29.3 Å². The molecule has 0 radical (unpaired) electrons. The number of alkyl carbamates (subject to hydrolysis) is 1. The molecule has 1 aliphatic carbocycles. The monoisotopic (exact) mass is 440 g/mol. The fraction of sp³-hybridized carbons (Fsp3) is 0.375. The first-order valence-corrected chi connectivity index (χ1v) is 10.7. The highest BCUT2D eigenvalue weighted by Crippen LogP contribution is 2.44. The van der Waals surface area contributed by atoms with Gasteiger partial charge in [-0.25, -0.2) is 9.59 Å². The van der Waals surface area contributed by atoms with E-state index in [4.69, 9.17) is 14.9 Å². The van der Waals surface area contributed by atoms with Crippen molar-refractivity contribution in [2.75, 3.05) is 13.2 Å². The molecule has 0 fully saturated rings. The Balaban J connectivity index is 1.56. The third kappa shape index (κ3) is 5.45. The highest BCUT2D eigenvalue weighted by molar-refractivity contribution is 5.84. The van der Waals surface area contributed by atoms with E-state index >= 15 is 0 Å². The molecule has 1 aliphatic rings. The number of carboxylic acids is 1. The summed E-state index contributed by atoms with van der Waals surface area (Å²) in [6, 6.07) is 14.4. The van der Waals surface area contributed by atoms with E-state index in [1.807, 2.05) is 43.3 Å². The van der Waals surface area contributed by atoms with Crippen LogP contribution in [0.3, 0.4) is 0 Å². The number of carboxylic acid groups (broad SMARTS) is 1. The molecule has 2 atom stereocenters. The average molecular weight is 440 g/mol. The van der Waals surface area contributed by atoms with Crippen molar-refractivity contribution in [3.63, 3.8) is 0 Å². The van der Waals surface area contributed by atoms with Gasteiger partial charge in [-0.1, -0.05) is 55.5 Å². The second-order valence-electron chi connectivity index (χ2n) is 7.75. The number of aliphatic hydroxyl groups is 1. The van der Waals surface area contributed by atoms with E-state index in [9.17, 15) is 14.4 Å². The fourth-order valence-electron chi connectivity index (χ4n) is 3.97. The molecule has 1 unspecified atom stereocenters. The summed E-state index contributed by atoms with van der Waals surface area (Å²) in [6.07, 6.45) is -0.334. The van der Waals surface area contributed by atoms with Crippen LogP contribution in [0.1, 0.15) is 43.2 Å². The minimum atomic E-state index is -1.22. The molecule has 0 saturated heterocycles. The van der Waals surface area contributed by atoms with Crippen LogP contribution in [0, 0.1) is 0 Å². The molecule has 4 N–H and O–H groups in total. The van der Waals surface area contributed by atoms with Crippen LogP contribution in [0.25, 0.3) is 11.1 Å². The Bertz CT molecular complexity index is 931. The zero-order valence-corrected chi connectivity index (χ0v) is 17.9. The smallest absolute Gasteiger partial charge is 0.407 e. The van der Waals surface area contributed by atoms with Gasteiger partial charge in [0.1, 0.15) is 12.6 Å². The third-order valence-corrected chi connectivity index (χ3v) is 5.64. The summed E-state index contributed by atoms with van der Waals surface area (Å²) >= 11 is 0. The Hall–Kier alpha value is -3.39. The molecule has 0 aromatic heterocycles. The number of aliphatic hydroxyl groups excluding tert-OH is 1. The predicted octanol–water partition coefficient (Wildman–Crippen LogP) is 2.65. The van der Waals surface area contributed by atoms with Crippen molar-refractivity contribution in [2.45, 2.75) is 44.2 Å². The number of nitrogens with one attached hydrogen (secondary N) is 2. The molecular weight excluding hydrogens is 412 g/mol. The van der Waals surface area contributed by atoms with Crippen LogP contribution in [-0.2, 0) is 14.3 Å². The second kappa shape index (κ2) is 10.8. The maximum absolute atomic E-state index is 12.4. The number of hydrogen-bond acceptors (Lipinski definition) is 5. The summed E-state index contributed by atoms with van der Waals surface area (Å²) < 4.78 is 5.50. The highest BCUT2D eigenvalue weighted by atomic mass is 16.5. The van der Waals surface area contributed by atoms with Crippen LogP contribution in [-0.4, -0.2) is 53.5 Å². The van der Waals surface area contributed by atoms with Crippen LogP contribution < -0.4 is 10.6 Å². The van der Waals surface area contributed by atoms with E-state index in [2.05, 4.69) is 22.8 Å². The molecule has 2 amide bonds. The zero-order chi connectivity index (χ0) is 23.1. The number of carbonyl (C=O) groups is 3. The Morgan fingerprint density at radius 1 is 1.00 bits per heavy atom. The normalized spacial score (nSPS) is 14.1. The lowest BCUT2D eigenvalue weighted by molar-refractivity contribution is -0.142. The molecule has 0 heterocycles. The van der Waals surface area contributed by atoms with Gasteiger partial charge in [-0.2, -0.15) is 0 Å². The van der Waals surface area contributed by atoms with Crippen LogP contribution >= 0.6 is 0 Å². The Morgan fingerprint density at radius 2 is 1.59 bits per heavy atom. The number of rotatable bonds is 10. The van der Waals surface area contributed by atoms with Crippen molar-refractivity contribution in [3.8, 4) is 11.1 Å². The maximum Gasteiger partial charge on any atom is 0.407 e. The lowest BCUT2D eigenvalue weighted by Gasteiger charge is -2.20. The fourth-order valence-corrected chi connectivity index (χ4v) is 3.97. The molecule has 8 nitrogen and oxygen atoms in total. The van der Waals surface area contributed by atoms with Crippen LogP contribution in [0.4, 0.5) is 4.79 Å². The van der Waals surface area contributed by atoms with E-state index in [1.165, 1.54) is 0 Å². The molecule has 0 spiro atoms. The van der Waals surface area contributed by atoms with E-state index in [0.717, 1.165) is 22.3 Å². The number of benzene rings is 2. The largest absolute Gasteiger partial charge is 0.480 e. The third-order valence-electron chi connectivity index (χ3n) is 5.64. The molecule has 0 saturated carbocycles. The minimum absolute atomic E-state index is 0.0636. The van der Waals surface area contributed by atoms with Crippen LogP contribution in [0.5, 0.6) is 0 Å². The summed E-state index contributed by atoms with van der Waals surface area (Å²) in [7, 11) is 0. The average Bonchev–Trinajstić information content (AvgIpc) is 3.10. The molecule has 3 rings (SSSR count). The maximum atomic E-state index is 12.4. The molecular formula is C24H28N2O6. The summed E-state index contributed by atoms with van der Waals surface area (Å²) in [5, 5.41) is 23.1. The first kappa shape index (κ1) is 23.3. The number of fused-ring (bicyclic) bond motifs is 3. The van der Waals surface area contributed by atoms with Crippen molar-refractivity contribution in [1.82, 2.24) is 10.6 Å². The van der Waals surface area contributed by atoms with Gasteiger partial charge in [-0.3, -0.25) is 4.79 Å². The Morgan fingerprint density at radius 3 is 2.12 bits per heavy atom. The van der Waals surface area contributed by atoms with Gasteiger partial charge in [0, 0.05) is 31.4 Å². The van der Waals surface area contributed by atoms with E-state index in [-0.39, 0.29) is 32.0 Å². The summed E-state index contributed by atoms with van der Waals surface area (Å²) in [6.45, 7) is 1.62. The number of aliphatic carboxylic acids is 1. The quantitative estimate of drug-likeness (QED) is 0.450. The van der Waals surface area contributed by atoms with Gasteiger partial charge in [-0.05, 0) is 28.7 Å². The van der Waals surface area contributed by atoms with Crippen LogP contribution in [0.2, 0.25) is 0 Å². The molecule has 0 bridgehead atoms. The van der Waals surface area contributed by atoms with Gasteiger partial charge < -0.3 is 25.6 Å². The second-order valence-corrected chi connectivity index (χ2v) is 7.75. The first-order valence-electron chi connectivity index (χ1n) is 10.7. The van der Waals surface area contributed by atoms with E-state index < -0.39 is 30.1 Å². The summed E-state index contributed by atoms with van der Waals surface area (Å²) in [5.41, 5.74) is 4.49. The van der Waals surface area contributed by atoms with Gasteiger partial charge in [0.15, 0.2) is 0 Å². The molecule has 2 aromatic carbocycles. The van der Waals surface area contributed by atoms with Gasteiger partial charge in [0.2, 0.25) is 5.91 Å².